The number of anilines is 1. The largest absolute Gasteiger partial charge is 0.465 e. The Morgan fingerprint density at radius 2 is 1.82 bits per heavy atom. The SMILES string of the molecule is CCSc1nc(N2CCCCC2)c2cnn(CCNC(=O)c3ccc(C(=O)OC)cc3)c2n1. The third-order valence-corrected chi connectivity index (χ3v) is 6.29. The van der Waals surface area contributed by atoms with E-state index in [1.807, 2.05) is 10.9 Å². The van der Waals surface area contributed by atoms with Crippen LogP contribution in [-0.2, 0) is 11.3 Å². The minimum Gasteiger partial charge on any atom is -0.465 e. The molecule has 1 saturated heterocycles. The first-order chi connectivity index (χ1) is 16.1. The lowest BCUT2D eigenvalue weighted by molar-refractivity contribution is 0.0600. The number of fused-ring (bicyclic) bond motifs is 1. The number of ether oxygens (including phenoxy) is 1. The summed E-state index contributed by atoms with van der Waals surface area (Å²) in [5.74, 6) is 1.20. The summed E-state index contributed by atoms with van der Waals surface area (Å²) in [6.45, 7) is 4.97. The molecule has 0 saturated carbocycles. The first-order valence-electron chi connectivity index (χ1n) is 11.2. The van der Waals surface area contributed by atoms with Gasteiger partial charge in [0.1, 0.15) is 5.82 Å². The number of benzene rings is 1. The number of amides is 1. The van der Waals surface area contributed by atoms with Gasteiger partial charge in [-0.25, -0.2) is 19.4 Å². The fraction of sp³-hybridized carbons (Fsp3) is 0.435. The summed E-state index contributed by atoms with van der Waals surface area (Å²) in [6.07, 6.45) is 5.42. The van der Waals surface area contributed by atoms with Gasteiger partial charge < -0.3 is 15.0 Å². The monoisotopic (exact) mass is 468 g/mol. The molecule has 0 spiro atoms. The third-order valence-electron chi connectivity index (χ3n) is 5.56. The van der Waals surface area contributed by atoms with Crippen LogP contribution < -0.4 is 10.2 Å². The van der Waals surface area contributed by atoms with Crippen molar-refractivity contribution in [1.29, 1.82) is 0 Å². The second kappa shape index (κ2) is 10.7. The summed E-state index contributed by atoms with van der Waals surface area (Å²) in [6, 6.07) is 6.37. The van der Waals surface area contributed by atoms with Gasteiger partial charge in [-0.15, -0.1) is 0 Å². The Hall–Kier alpha value is -3.14. The average Bonchev–Trinajstić information content (AvgIpc) is 3.26. The summed E-state index contributed by atoms with van der Waals surface area (Å²) in [4.78, 5) is 35.9. The first kappa shape index (κ1) is 23.0. The molecular formula is C23H28N6O3S. The second-order valence-corrected chi connectivity index (χ2v) is 8.97. The maximum absolute atomic E-state index is 12.5. The van der Waals surface area contributed by atoms with Gasteiger partial charge >= 0.3 is 5.97 Å². The van der Waals surface area contributed by atoms with Crippen LogP contribution in [0.2, 0.25) is 0 Å². The third kappa shape index (κ3) is 5.27. The first-order valence-corrected chi connectivity index (χ1v) is 12.2. The molecule has 0 radical (unpaired) electrons. The molecule has 1 N–H and O–H groups in total. The van der Waals surface area contributed by atoms with Gasteiger partial charge in [0.05, 0.1) is 30.8 Å². The maximum atomic E-state index is 12.5. The maximum Gasteiger partial charge on any atom is 0.337 e. The zero-order chi connectivity index (χ0) is 23.2. The van der Waals surface area contributed by atoms with Crippen LogP contribution in [0.1, 0.15) is 46.9 Å². The zero-order valence-electron chi connectivity index (χ0n) is 18.9. The van der Waals surface area contributed by atoms with E-state index in [0.29, 0.717) is 24.2 Å². The average molecular weight is 469 g/mol. The molecule has 1 aliphatic heterocycles. The molecule has 3 aromatic rings. The predicted octanol–water partition coefficient (Wildman–Crippen LogP) is 3.15. The highest BCUT2D eigenvalue weighted by molar-refractivity contribution is 7.99. The number of hydrogen-bond donors (Lipinski definition) is 1. The van der Waals surface area contributed by atoms with Gasteiger partial charge in [0.25, 0.3) is 5.91 Å². The molecule has 0 atom stereocenters. The highest BCUT2D eigenvalue weighted by atomic mass is 32.2. The lowest BCUT2D eigenvalue weighted by atomic mass is 10.1. The summed E-state index contributed by atoms with van der Waals surface area (Å²) in [5, 5.41) is 9.14. The number of piperidine rings is 1. The summed E-state index contributed by atoms with van der Waals surface area (Å²) in [7, 11) is 1.33. The highest BCUT2D eigenvalue weighted by Gasteiger charge is 2.20. The Kier molecular flexibility index (Phi) is 7.43. The van der Waals surface area contributed by atoms with Crippen molar-refractivity contribution < 1.29 is 14.3 Å². The van der Waals surface area contributed by atoms with Crippen molar-refractivity contribution >= 4 is 40.5 Å². The number of hydrogen-bond acceptors (Lipinski definition) is 8. The summed E-state index contributed by atoms with van der Waals surface area (Å²) >= 11 is 1.62. The minimum absolute atomic E-state index is 0.214. The molecule has 0 aliphatic carbocycles. The van der Waals surface area contributed by atoms with Crippen LogP contribution in [0, 0.1) is 0 Å². The second-order valence-electron chi connectivity index (χ2n) is 7.74. The molecule has 1 amide bonds. The Labute approximate surface area is 196 Å². The molecule has 4 rings (SSSR count). The topological polar surface area (TPSA) is 102 Å². The molecule has 1 aromatic carbocycles. The highest BCUT2D eigenvalue weighted by Crippen LogP contribution is 2.29. The zero-order valence-corrected chi connectivity index (χ0v) is 19.7. The van der Waals surface area contributed by atoms with Gasteiger partial charge in [0, 0.05) is 25.2 Å². The number of carbonyl (C=O) groups excluding carboxylic acids is 2. The Morgan fingerprint density at radius 3 is 2.52 bits per heavy atom. The molecular weight excluding hydrogens is 440 g/mol. The molecule has 1 aliphatic rings. The van der Waals surface area contributed by atoms with Crippen LogP contribution in [0.25, 0.3) is 11.0 Å². The smallest absolute Gasteiger partial charge is 0.337 e. The van der Waals surface area contributed by atoms with Crippen LogP contribution in [0.5, 0.6) is 0 Å². The van der Waals surface area contributed by atoms with E-state index >= 15 is 0 Å². The number of esters is 1. The molecule has 3 heterocycles. The molecule has 0 bridgehead atoms. The number of rotatable bonds is 8. The van der Waals surface area contributed by atoms with Crippen LogP contribution >= 0.6 is 11.8 Å². The number of methoxy groups -OCH3 is 1. The van der Waals surface area contributed by atoms with Crippen molar-refractivity contribution in [2.24, 2.45) is 0 Å². The fourth-order valence-corrected chi connectivity index (χ4v) is 4.44. The number of nitrogens with one attached hydrogen (secondary N) is 1. The quantitative estimate of drug-likeness (QED) is 0.306. The van der Waals surface area contributed by atoms with Gasteiger partial charge in [0.15, 0.2) is 10.8 Å². The van der Waals surface area contributed by atoms with Gasteiger partial charge in [-0.2, -0.15) is 5.10 Å². The van der Waals surface area contributed by atoms with E-state index in [9.17, 15) is 9.59 Å². The van der Waals surface area contributed by atoms with Gasteiger partial charge in [0.2, 0.25) is 0 Å². The van der Waals surface area contributed by atoms with E-state index in [0.717, 1.165) is 40.9 Å². The number of nitrogens with zero attached hydrogens (tertiary/aromatic N) is 5. The Morgan fingerprint density at radius 1 is 1.09 bits per heavy atom. The van der Waals surface area contributed by atoms with Gasteiger partial charge in [-0.05, 0) is 49.3 Å². The van der Waals surface area contributed by atoms with Crippen LogP contribution in [0.15, 0.2) is 35.6 Å². The van der Waals surface area contributed by atoms with E-state index in [1.165, 1.54) is 26.4 Å². The lowest BCUT2D eigenvalue weighted by Gasteiger charge is -2.28. The van der Waals surface area contributed by atoms with E-state index in [4.69, 9.17) is 9.97 Å². The standard InChI is InChI=1S/C23H28N6O3S/c1-3-33-23-26-19(28-12-5-4-6-13-28)18-15-25-29(20(18)27-23)14-11-24-21(30)16-7-9-17(10-8-16)22(31)32-2/h7-10,15H,3-6,11-14H2,1-2H3,(H,24,30). The molecule has 2 aromatic heterocycles. The van der Waals surface area contributed by atoms with E-state index in [1.54, 1.807) is 36.0 Å². The van der Waals surface area contributed by atoms with Crippen LogP contribution in [0.3, 0.4) is 0 Å². The summed E-state index contributed by atoms with van der Waals surface area (Å²) in [5.41, 5.74) is 1.67. The van der Waals surface area contributed by atoms with Crippen LogP contribution in [0.4, 0.5) is 5.82 Å². The van der Waals surface area contributed by atoms with Crippen LogP contribution in [-0.4, -0.2) is 64.1 Å². The van der Waals surface area contributed by atoms with E-state index in [2.05, 4.69) is 27.0 Å². The molecule has 33 heavy (non-hydrogen) atoms. The lowest BCUT2D eigenvalue weighted by Crippen LogP contribution is -2.30. The number of thioether (sulfide) groups is 1. The molecule has 0 unspecified atom stereocenters. The normalized spacial score (nSPS) is 13.8. The fourth-order valence-electron chi connectivity index (χ4n) is 3.88. The Bertz CT molecular complexity index is 1130. The van der Waals surface area contributed by atoms with Crippen molar-refractivity contribution in [1.82, 2.24) is 25.1 Å². The number of carbonyl (C=O) groups is 2. The van der Waals surface area contributed by atoms with Crippen molar-refractivity contribution in [3.63, 3.8) is 0 Å². The molecule has 9 nitrogen and oxygen atoms in total. The van der Waals surface area contributed by atoms with E-state index in [-0.39, 0.29) is 5.91 Å². The Balaban J connectivity index is 1.46. The van der Waals surface area contributed by atoms with Crippen molar-refractivity contribution in [3.8, 4) is 0 Å². The molecule has 174 valence electrons. The van der Waals surface area contributed by atoms with Gasteiger partial charge in [-0.3, -0.25) is 4.79 Å². The molecule has 1 fully saturated rings. The minimum atomic E-state index is -0.431. The van der Waals surface area contributed by atoms with Crippen molar-refractivity contribution in [2.45, 2.75) is 37.9 Å². The number of aromatic nitrogens is 4. The van der Waals surface area contributed by atoms with Gasteiger partial charge in [-0.1, -0.05) is 18.7 Å². The predicted molar refractivity (Wildman–Crippen MR) is 128 cm³/mol. The summed E-state index contributed by atoms with van der Waals surface area (Å²) < 4.78 is 6.51. The van der Waals surface area contributed by atoms with E-state index < -0.39 is 5.97 Å². The van der Waals surface area contributed by atoms with Crippen molar-refractivity contribution in [3.05, 3.63) is 41.6 Å². The van der Waals surface area contributed by atoms with Crippen molar-refractivity contribution in [2.75, 3.05) is 37.4 Å². The molecule has 10 heteroatoms.